The van der Waals surface area contributed by atoms with E-state index in [4.69, 9.17) is 9.47 Å². The van der Waals surface area contributed by atoms with Crippen LogP contribution < -0.4 is 4.74 Å². The molecule has 2 aromatic carbocycles. The van der Waals surface area contributed by atoms with Crippen LogP contribution in [0.25, 0.3) is 11.3 Å². The SMILES string of the molecule is O=[N+]([O-])c1ccc(Cn2ccc(-c3ccccc3O[C@@H]3COCC3OC(F)F)n2)cc1. The van der Waals surface area contributed by atoms with Gasteiger partial charge in [-0.1, -0.05) is 24.3 Å². The molecule has 8 nitrogen and oxygen atoms in total. The van der Waals surface area contributed by atoms with E-state index in [-0.39, 0.29) is 18.9 Å². The van der Waals surface area contributed by atoms with Crippen molar-refractivity contribution >= 4 is 5.69 Å². The number of aromatic nitrogens is 2. The van der Waals surface area contributed by atoms with Gasteiger partial charge in [0.05, 0.1) is 30.4 Å². The Morgan fingerprint density at radius 2 is 1.87 bits per heavy atom. The summed E-state index contributed by atoms with van der Waals surface area (Å²) in [5.41, 5.74) is 2.23. The number of rotatable bonds is 8. The normalized spacial score (nSPS) is 18.4. The van der Waals surface area contributed by atoms with Crippen LogP contribution >= 0.6 is 0 Å². The fraction of sp³-hybridized carbons (Fsp3) is 0.286. The summed E-state index contributed by atoms with van der Waals surface area (Å²) in [6.07, 6.45) is 0.277. The Labute approximate surface area is 176 Å². The Balaban J connectivity index is 1.49. The van der Waals surface area contributed by atoms with Crippen molar-refractivity contribution in [3.8, 4) is 17.0 Å². The molecule has 0 aliphatic carbocycles. The first kappa shape index (κ1) is 20.9. The molecule has 0 amide bonds. The summed E-state index contributed by atoms with van der Waals surface area (Å²) in [5, 5.41) is 15.3. The Morgan fingerprint density at radius 1 is 1.13 bits per heavy atom. The van der Waals surface area contributed by atoms with Gasteiger partial charge in [-0.15, -0.1) is 0 Å². The molecule has 0 spiro atoms. The van der Waals surface area contributed by atoms with E-state index in [0.29, 0.717) is 23.6 Å². The molecule has 1 aromatic heterocycles. The second-order valence-corrected chi connectivity index (χ2v) is 6.95. The smallest absolute Gasteiger partial charge is 0.345 e. The van der Waals surface area contributed by atoms with Crippen LogP contribution in [0.3, 0.4) is 0 Å². The summed E-state index contributed by atoms with van der Waals surface area (Å²) in [4.78, 5) is 10.3. The number of nitro benzene ring substituents is 1. The zero-order valence-electron chi connectivity index (χ0n) is 16.3. The van der Waals surface area contributed by atoms with Crippen molar-refractivity contribution in [3.63, 3.8) is 0 Å². The molecule has 1 fully saturated rings. The van der Waals surface area contributed by atoms with E-state index in [9.17, 15) is 18.9 Å². The number of halogens is 2. The average molecular weight is 431 g/mol. The number of hydrogen-bond acceptors (Lipinski definition) is 6. The number of alkyl halides is 2. The summed E-state index contributed by atoms with van der Waals surface area (Å²) in [5.74, 6) is 0.487. The van der Waals surface area contributed by atoms with Gasteiger partial charge in [0, 0.05) is 23.9 Å². The third kappa shape index (κ3) is 5.04. The number of benzene rings is 2. The van der Waals surface area contributed by atoms with Gasteiger partial charge in [-0.3, -0.25) is 14.8 Å². The van der Waals surface area contributed by atoms with Gasteiger partial charge in [-0.2, -0.15) is 13.9 Å². The molecule has 0 radical (unpaired) electrons. The van der Waals surface area contributed by atoms with Crippen LogP contribution in [0.1, 0.15) is 5.56 Å². The molecular formula is C21H19F2N3O5. The first-order valence-corrected chi connectivity index (χ1v) is 9.54. The Kier molecular flexibility index (Phi) is 6.19. The second kappa shape index (κ2) is 9.19. The zero-order valence-corrected chi connectivity index (χ0v) is 16.3. The van der Waals surface area contributed by atoms with E-state index in [1.807, 2.05) is 18.2 Å². The minimum atomic E-state index is -2.90. The molecular weight excluding hydrogens is 412 g/mol. The number of ether oxygens (including phenoxy) is 3. The molecule has 1 aliphatic rings. The molecule has 0 N–H and O–H groups in total. The number of hydrogen-bond donors (Lipinski definition) is 0. The summed E-state index contributed by atoms with van der Waals surface area (Å²) >= 11 is 0. The Hall–Kier alpha value is -3.37. The number of para-hydroxylation sites is 1. The summed E-state index contributed by atoms with van der Waals surface area (Å²) < 4.78 is 42.7. The van der Waals surface area contributed by atoms with Crippen molar-refractivity contribution in [3.05, 3.63) is 76.5 Å². The highest BCUT2D eigenvalue weighted by Gasteiger charge is 2.33. The van der Waals surface area contributed by atoms with Gasteiger partial charge in [-0.25, -0.2) is 0 Å². The molecule has 1 saturated heterocycles. The minimum Gasteiger partial charge on any atom is -0.484 e. The molecule has 2 atom stereocenters. The molecule has 162 valence electrons. The van der Waals surface area contributed by atoms with Crippen molar-refractivity contribution < 1.29 is 27.9 Å². The fourth-order valence-corrected chi connectivity index (χ4v) is 3.33. The van der Waals surface area contributed by atoms with Gasteiger partial charge in [-0.05, 0) is 23.8 Å². The topological polar surface area (TPSA) is 88.7 Å². The fourth-order valence-electron chi connectivity index (χ4n) is 3.33. The highest BCUT2D eigenvalue weighted by Crippen LogP contribution is 2.31. The van der Waals surface area contributed by atoms with Gasteiger partial charge < -0.3 is 14.2 Å². The highest BCUT2D eigenvalue weighted by molar-refractivity contribution is 5.66. The minimum absolute atomic E-state index is 0.0287. The maximum Gasteiger partial charge on any atom is 0.345 e. The molecule has 0 saturated carbocycles. The Bertz CT molecular complexity index is 1040. The van der Waals surface area contributed by atoms with E-state index >= 15 is 0 Å². The van der Waals surface area contributed by atoms with Crippen LogP contribution in [-0.2, 0) is 16.0 Å². The molecule has 0 bridgehead atoms. The second-order valence-electron chi connectivity index (χ2n) is 6.95. The van der Waals surface area contributed by atoms with Gasteiger partial charge in [0.15, 0.2) is 6.10 Å². The van der Waals surface area contributed by atoms with Crippen LogP contribution in [0.15, 0.2) is 60.8 Å². The van der Waals surface area contributed by atoms with E-state index in [1.165, 1.54) is 12.1 Å². The molecule has 2 heterocycles. The zero-order chi connectivity index (χ0) is 21.8. The monoisotopic (exact) mass is 431 g/mol. The van der Waals surface area contributed by atoms with Gasteiger partial charge >= 0.3 is 6.61 Å². The quantitative estimate of drug-likeness (QED) is 0.397. The predicted molar refractivity (Wildman–Crippen MR) is 106 cm³/mol. The lowest BCUT2D eigenvalue weighted by Crippen LogP contribution is -2.34. The maximum absolute atomic E-state index is 12.6. The lowest BCUT2D eigenvalue weighted by atomic mass is 10.1. The van der Waals surface area contributed by atoms with Crippen LogP contribution in [0.2, 0.25) is 0 Å². The van der Waals surface area contributed by atoms with Crippen molar-refractivity contribution in [2.75, 3.05) is 13.2 Å². The highest BCUT2D eigenvalue weighted by atomic mass is 19.3. The van der Waals surface area contributed by atoms with Crippen molar-refractivity contribution in [2.24, 2.45) is 0 Å². The lowest BCUT2D eigenvalue weighted by molar-refractivity contribution is -0.384. The van der Waals surface area contributed by atoms with Crippen LogP contribution in [-0.4, -0.2) is 46.7 Å². The van der Waals surface area contributed by atoms with E-state index in [0.717, 1.165) is 5.56 Å². The van der Waals surface area contributed by atoms with Crippen molar-refractivity contribution in [1.82, 2.24) is 9.78 Å². The first-order chi connectivity index (χ1) is 15.0. The van der Waals surface area contributed by atoms with Crippen LogP contribution in [0.4, 0.5) is 14.5 Å². The number of non-ortho nitro benzene ring substituents is 1. The van der Waals surface area contributed by atoms with Crippen molar-refractivity contribution in [1.29, 1.82) is 0 Å². The summed E-state index contributed by atoms with van der Waals surface area (Å²) in [6.45, 7) is -2.27. The molecule has 31 heavy (non-hydrogen) atoms. The average Bonchev–Trinajstić information content (AvgIpc) is 3.38. The molecule has 10 heteroatoms. The lowest BCUT2D eigenvalue weighted by Gasteiger charge is -2.20. The van der Waals surface area contributed by atoms with E-state index in [1.54, 1.807) is 35.1 Å². The van der Waals surface area contributed by atoms with E-state index < -0.39 is 23.7 Å². The van der Waals surface area contributed by atoms with Gasteiger partial charge in [0.2, 0.25) is 0 Å². The first-order valence-electron chi connectivity index (χ1n) is 9.54. The van der Waals surface area contributed by atoms with Crippen LogP contribution in [0.5, 0.6) is 5.75 Å². The Morgan fingerprint density at radius 3 is 2.61 bits per heavy atom. The molecule has 4 rings (SSSR count). The summed E-state index contributed by atoms with van der Waals surface area (Å²) in [6, 6.07) is 15.2. The largest absolute Gasteiger partial charge is 0.484 e. The third-order valence-electron chi connectivity index (χ3n) is 4.83. The van der Waals surface area contributed by atoms with Crippen LogP contribution in [0, 0.1) is 10.1 Å². The van der Waals surface area contributed by atoms with Gasteiger partial charge in [0.25, 0.3) is 5.69 Å². The van der Waals surface area contributed by atoms with Gasteiger partial charge in [0.1, 0.15) is 11.9 Å². The number of nitro groups is 1. The van der Waals surface area contributed by atoms with Crippen molar-refractivity contribution in [2.45, 2.75) is 25.4 Å². The molecule has 1 aliphatic heterocycles. The maximum atomic E-state index is 12.6. The number of nitrogens with zero attached hydrogens (tertiary/aromatic N) is 3. The third-order valence-corrected chi connectivity index (χ3v) is 4.83. The molecule has 3 aromatic rings. The van der Waals surface area contributed by atoms with E-state index in [2.05, 4.69) is 9.84 Å². The predicted octanol–water partition coefficient (Wildman–Crippen LogP) is 3.89. The standard InChI is InChI=1S/C21H19F2N3O5/c22-21(23)31-20-13-29-12-19(20)30-18-4-2-1-3-16(18)17-9-10-25(24-17)11-14-5-7-15(8-6-14)26(27)28/h1-10,19-21H,11-13H2/t19-,20?/m1/s1. The molecule has 1 unspecified atom stereocenters. The summed E-state index contributed by atoms with van der Waals surface area (Å²) in [7, 11) is 0.